The lowest BCUT2D eigenvalue weighted by molar-refractivity contribution is -0.134. The number of hydrogen-bond donors (Lipinski definition) is 1. The van der Waals surface area contributed by atoms with E-state index < -0.39 is 9.76 Å². The number of aliphatic hydroxyl groups excluding tert-OH is 1. The maximum atomic E-state index is 11.8. The van der Waals surface area contributed by atoms with Crippen LogP contribution in [0.15, 0.2) is 0 Å². The van der Waals surface area contributed by atoms with Crippen LogP contribution in [0, 0.1) is 0 Å². The molecule has 0 atom stereocenters. The second-order valence-corrected chi connectivity index (χ2v) is 11.8. The van der Waals surface area contributed by atoms with Crippen LogP contribution in [0.25, 0.3) is 0 Å². The third-order valence-electron chi connectivity index (χ3n) is 6.86. The molecule has 0 aliphatic heterocycles. The lowest BCUT2D eigenvalue weighted by atomic mass is 10.0. The highest BCUT2D eigenvalue weighted by atomic mass is 32.1. The van der Waals surface area contributed by atoms with Gasteiger partial charge in [0.1, 0.15) is 5.55 Å². The molecule has 0 rings (SSSR count). The summed E-state index contributed by atoms with van der Waals surface area (Å²) in [5, 5.41) is 7.26. The molecule has 0 radical (unpaired) electrons. The van der Waals surface area contributed by atoms with Gasteiger partial charge in [-0.3, -0.25) is 4.79 Å². The first-order valence-corrected chi connectivity index (χ1v) is 17.5. The highest BCUT2D eigenvalue weighted by Gasteiger charge is 2.04. The Hall–Kier alpha value is -0.503. The zero-order valence-electron chi connectivity index (χ0n) is 24.8. The molecule has 0 heterocycles. The average molecular weight is 563 g/mol. The second kappa shape index (κ2) is 35.5. The van der Waals surface area contributed by atoms with Crippen molar-refractivity contribution in [3.8, 4) is 0 Å². The van der Waals surface area contributed by atoms with Crippen molar-refractivity contribution in [2.75, 3.05) is 14.2 Å². The molecule has 0 fully saturated rings. The maximum Gasteiger partial charge on any atom is 0.292 e. The van der Waals surface area contributed by atoms with Gasteiger partial charge in [0.25, 0.3) is 5.97 Å². The van der Waals surface area contributed by atoms with Gasteiger partial charge >= 0.3 is 0 Å². The van der Waals surface area contributed by atoms with Crippen LogP contribution in [0.4, 0.5) is 0 Å². The Balaban J connectivity index is 0. The van der Waals surface area contributed by atoms with Crippen LogP contribution in [0.1, 0.15) is 155 Å². The van der Waals surface area contributed by atoms with E-state index in [1.807, 2.05) is 0 Å². The Morgan fingerprint density at radius 2 is 1.08 bits per heavy atom. The molecular weight excluding hydrogens is 500 g/mol. The van der Waals surface area contributed by atoms with Gasteiger partial charge in [0.05, 0.1) is 0 Å². The Kier molecular flexibility index (Phi) is 37.1. The highest BCUT2D eigenvalue weighted by Crippen LogP contribution is 2.15. The molecular formula is C30H62O5SSi. The zero-order valence-corrected chi connectivity index (χ0v) is 27.1. The molecule has 0 saturated carbocycles. The number of hydrogen-bond acceptors (Lipinski definition) is 5. The predicted octanol–water partition coefficient (Wildman–Crippen LogP) is 9.14. The van der Waals surface area contributed by atoms with Gasteiger partial charge in [0.15, 0.2) is 6.29 Å². The third kappa shape index (κ3) is 35.5. The van der Waals surface area contributed by atoms with Gasteiger partial charge in [0, 0.05) is 20.6 Å². The van der Waals surface area contributed by atoms with E-state index >= 15 is 0 Å². The molecule has 0 aromatic rings. The summed E-state index contributed by atoms with van der Waals surface area (Å²) in [5.74, 6) is 0.0729. The van der Waals surface area contributed by atoms with Crippen molar-refractivity contribution in [1.82, 2.24) is 0 Å². The summed E-state index contributed by atoms with van der Waals surface area (Å²) in [6.07, 6.45) is 29.3. The smallest absolute Gasteiger partial charge is 0.292 e. The van der Waals surface area contributed by atoms with Crippen molar-refractivity contribution >= 4 is 33.5 Å². The molecule has 0 unspecified atom stereocenters. The van der Waals surface area contributed by atoms with Gasteiger partial charge in [0.2, 0.25) is 9.76 Å². The quantitative estimate of drug-likeness (QED) is 0.0444. The molecule has 7 heteroatoms. The van der Waals surface area contributed by atoms with Crippen LogP contribution in [-0.2, 0) is 18.7 Å². The fourth-order valence-corrected chi connectivity index (χ4v) is 5.60. The van der Waals surface area contributed by atoms with Crippen LogP contribution in [0.5, 0.6) is 0 Å². The lowest BCUT2D eigenvalue weighted by Crippen LogP contribution is -2.12. The number of thiocarbonyl (C=S) groups is 1. The van der Waals surface area contributed by atoms with Crippen LogP contribution < -0.4 is 0 Å². The summed E-state index contributed by atoms with van der Waals surface area (Å²) in [7, 11) is 2.82. The van der Waals surface area contributed by atoms with E-state index in [1.54, 1.807) is 14.2 Å². The Morgan fingerprint density at radius 3 is 1.51 bits per heavy atom. The molecule has 5 nitrogen and oxygen atoms in total. The maximum absolute atomic E-state index is 11.8. The number of aliphatic hydroxyl groups is 1. The van der Waals surface area contributed by atoms with Crippen molar-refractivity contribution in [3.63, 3.8) is 0 Å². The molecule has 37 heavy (non-hydrogen) atoms. The van der Waals surface area contributed by atoms with Crippen LogP contribution in [0.2, 0.25) is 6.04 Å². The zero-order chi connectivity index (χ0) is 27.7. The normalized spacial score (nSPS) is 11.1. The Bertz CT molecular complexity index is 450. The second-order valence-electron chi connectivity index (χ2n) is 10.2. The molecule has 0 bridgehead atoms. The molecule has 0 saturated heterocycles. The van der Waals surface area contributed by atoms with E-state index in [4.69, 9.17) is 19.0 Å². The van der Waals surface area contributed by atoms with Crippen molar-refractivity contribution in [3.05, 3.63) is 0 Å². The minimum Gasteiger partial charge on any atom is -0.525 e. The van der Waals surface area contributed by atoms with Gasteiger partial charge in [-0.1, -0.05) is 129 Å². The molecule has 0 aliphatic carbocycles. The van der Waals surface area contributed by atoms with Crippen LogP contribution in [0.3, 0.4) is 0 Å². The molecule has 0 aromatic heterocycles. The molecule has 1 N–H and O–H groups in total. The standard InChI is InChI=1S/C29H60O4Si.CH2OS/c1-4-5-6-7-18-21-24-27-34-33-28(30)25-22-19-16-14-12-10-8-9-11-13-15-17-20-23-26-29(31-2)32-3;2-1-3/h29H,4-27,34H2,1-3H3;1H,(H,2,3). The Morgan fingerprint density at radius 1 is 0.703 bits per heavy atom. The molecule has 0 aromatic carbocycles. The number of methoxy groups -OCH3 is 2. The van der Waals surface area contributed by atoms with Gasteiger partial charge < -0.3 is 19.0 Å². The lowest BCUT2D eigenvalue weighted by Gasteiger charge is -2.12. The molecule has 222 valence electrons. The van der Waals surface area contributed by atoms with Gasteiger partial charge in [-0.05, 0) is 37.5 Å². The Labute approximate surface area is 238 Å². The van der Waals surface area contributed by atoms with E-state index in [1.165, 1.54) is 134 Å². The number of carbonyl (C=O) groups is 1. The summed E-state index contributed by atoms with van der Waals surface area (Å²) in [4.78, 5) is 11.8. The molecule has 0 amide bonds. The fourth-order valence-electron chi connectivity index (χ4n) is 4.53. The number of ether oxygens (including phenoxy) is 2. The van der Waals surface area contributed by atoms with Gasteiger partial charge in [-0.25, -0.2) is 0 Å². The van der Waals surface area contributed by atoms with Crippen LogP contribution in [-0.4, -0.2) is 46.9 Å². The van der Waals surface area contributed by atoms with E-state index in [0.717, 1.165) is 12.8 Å². The number of unbranched alkanes of at least 4 members (excludes halogenated alkanes) is 19. The highest BCUT2D eigenvalue weighted by molar-refractivity contribution is 7.78. The summed E-state index contributed by atoms with van der Waals surface area (Å²) >= 11 is 3.82. The van der Waals surface area contributed by atoms with Gasteiger partial charge in [-0.2, -0.15) is 0 Å². The van der Waals surface area contributed by atoms with Crippen molar-refractivity contribution < 1.29 is 23.8 Å². The average Bonchev–Trinajstić information content (AvgIpc) is 2.90. The van der Waals surface area contributed by atoms with Gasteiger partial charge in [-0.15, -0.1) is 0 Å². The van der Waals surface area contributed by atoms with Crippen molar-refractivity contribution in [2.24, 2.45) is 0 Å². The summed E-state index contributed by atoms with van der Waals surface area (Å²) in [6, 6.07) is 1.17. The monoisotopic (exact) mass is 562 g/mol. The van der Waals surface area contributed by atoms with E-state index in [-0.39, 0.29) is 12.3 Å². The SMILES string of the molecule is CCCCCCCCC[SiH2]OC(=O)CCCCCCCCCCCCCCCCC(OC)OC.OC=S. The van der Waals surface area contributed by atoms with E-state index in [0.29, 0.717) is 12.0 Å². The summed E-state index contributed by atoms with van der Waals surface area (Å²) < 4.78 is 16.0. The molecule has 0 aliphatic rings. The number of rotatable bonds is 28. The topological polar surface area (TPSA) is 65.0 Å². The predicted molar refractivity (Wildman–Crippen MR) is 165 cm³/mol. The minimum absolute atomic E-state index is 0.0209. The largest absolute Gasteiger partial charge is 0.525 e. The number of carbonyl (C=O) groups excluding carboxylic acids is 1. The van der Waals surface area contributed by atoms with E-state index in [2.05, 4.69) is 19.1 Å². The third-order valence-corrected chi connectivity index (χ3v) is 8.17. The first-order chi connectivity index (χ1) is 18.2. The van der Waals surface area contributed by atoms with Crippen molar-refractivity contribution in [2.45, 2.75) is 167 Å². The van der Waals surface area contributed by atoms with Crippen molar-refractivity contribution in [1.29, 1.82) is 0 Å². The van der Waals surface area contributed by atoms with E-state index in [9.17, 15) is 4.79 Å². The summed E-state index contributed by atoms with van der Waals surface area (Å²) in [6.45, 7) is 2.26. The van der Waals surface area contributed by atoms with Crippen LogP contribution >= 0.6 is 12.2 Å². The first-order valence-electron chi connectivity index (χ1n) is 15.4. The first kappa shape index (κ1) is 38.6. The minimum atomic E-state index is -0.610. The fraction of sp³-hybridized carbons (Fsp3) is 0.933. The molecule has 0 spiro atoms. The summed E-state index contributed by atoms with van der Waals surface area (Å²) in [5.41, 5.74) is 0.583.